The van der Waals surface area contributed by atoms with E-state index in [2.05, 4.69) is 24.2 Å². The minimum atomic E-state index is -0.141. The Labute approximate surface area is 117 Å². The summed E-state index contributed by atoms with van der Waals surface area (Å²) in [7, 11) is 2.17. The molecule has 3 atom stereocenters. The van der Waals surface area contributed by atoms with Gasteiger partial charge in [0.1, 0.15) is 0 Å². The molecule has 4 heteroatoms. The van der Waals surface area contributed by atoms with Crippen molar-refractivity contribution in [1.29, 1.82) is 0 Å². The van der Waals surface area contributed by atoms with Gasteiger partial charge in [-0.2, -0.15) is 0 Å². The van der Waals surface area contributed by atoms with Crippen LogP contribution in [-0.4, -0.2) is 62.0 Å². The first-order valence-corrected chi connectivity index (χ1v) is 7.84. The summed E-state index contributed by atoms with van der Waals surface area (Å²) in [6.07, 6.45) is 5.52. The Morgan fingerprint density at radius 3 is 2.79 bits per heavy atom. The predicted molar refractivity (Wildman–Crippen MR) is 77.3 cm³/mol. The number of hydrogen-bond donors (Lipinski definition) is 2. The summed E-state index contributed by atoms with van der Waals surface area (Å²) in [5.74, 6) is 0. The third-order valence-electron chi connectivity index (χ3n) is 4.78. The van der Waals surface area contributed by atoms with E-state index < -0.39 is 0 Å². The zero-order valence-electron chi connectivity index (χ0n) is 12.5. The Balaban J connectivity index is 1.92. The van der Waals surface area contributed by atoms with Crippen LogP contribution in [-0.2, 0) is 4.74 Å². The van der Waals surface area contributed by atoms with Crippen molar-refractivity contribution in [2.75, 3.05) is 39.9 Å². The minimum Gasteiger partial charge on any atom is -0.391 e. The molecule has 2 fully saturated rings. The van der Waals surface area contributed by atoms with E-state index in [0.717, 1.165) is 52.1 Å². The summed E-state index contributed by atoms with van der Waals surface area (Å²) < 4.78 is 5.64. The fourth-order valence-electron chi connectivity index (χ4n) is 3.61. The number of ether oxygens (including phenoxy) is 1. The molecule has 0 amide bonds. The Hall–Kier alpha value is -0.160. The quantitative estimate of drug-likeness (QED) is 0.762. The van der Waals surface area contributed by atoms with Gasteiger partial charge in [0.15, 0.2) is 0 Å². The fourth-order valence-corrected chi connectivity index (χ4v) is 3.61. The van der Waals surface area contributed by atoms with Crippen molar-refractivity contribution in [2.24, 2.45) is 5.41 Å². The molecular weight excluding hydrogens is 240 g/mol. The third kappa shape index (κ3) is 3.91. The highest BCUT2D eigenvalue weighted by Gasteiger charge is 2.38. The first-order valence-electron chi connectivity index (χ1n) is 7.84. The molecular formula is C15H30N2O2. The Bertz CT molecular complexity index is 267. The number of likely N-dealkylation sites (N-methyl/N-ethyl adjacent to an activating group) is 1. The van der Waals surface area contributed by atoms with Crippen LogP contribution < -0.4 is 5.32 Å². The molecule has 3 unspecified atom stereocenters. The van der Waals surface area contributed by atoms with Gasteiger partial charge in [-0.25, -0.2) is 0 Å². The smallest absolute Gasteiger partial charge is 0.0695 e. The molecule has 2 aliphatic rings. The van der Waals surface area contributed by atoms with Crippen LogP contribution in [0, 0.1) is 5.41 Å². The predicted octanol–water partition coefficient (Wildman–Crippen LogP) is 1.24. The first kappa shape index (κ1) is 15.2. The normalized spacial score (nSPS) is 36.0. The SMILES string of the molecule is CCNCC1(CN(C)C2CCCCC2O)CCOC1. The molecule has 2 rings (SSSR count). The van der Waals surface area contributed by atoms with Gasteiger partial charge in [0, 0.05) is 31.2 Å². The van der Waals surface area contributed by atoms with Gasteiger partial charge >= 0.3 is 0 Å². The van der Waals surface area contributed by atoms with Gasteiger partial charge in [0.25, 0.3) is 0 Å². The van der Waals surface area contributed by atoms with E-state index in [9.17, 15) is 5.11 Å². The minimum absolute atomic E-state index is 0.141. The summed E-state index contributed by atoms with van der Waals surface area (Å²) in [5.41, 5.74) is 0.238. The number of rotatable bonds is 6. The maximum atomic E-state index is 10.2. The maximum absolute atomic E-state index is 10.2. The van der Waals surface area contributed by atoms with Crippen molar-refractivity contribution in [3.05, 3.63) is 0 Å². The van der Waals surface area contributed by atoms with E-state index >= 15 is 0 Å². The second kappa shape index (κ2) is 7.02. The molecule has 1 saturated carbocycles. The van der Waals surface area contributed by atoms with Crippen LogP contribution in [0.1, 0.15) is 39.0 Å². The molecule has 0 aromatic rings. The molecule has 0 aromatic carbocycles. The summed E-state index contributed by atoms with van der Waals surface area (Å²) >= 11 is 0. The van der Waals surface area contributed by atoms with E-state index in [1.807, 2.05) is 0 Å². The monoisotopic (exact) mass is 270 g/mol. The molecule has 1 heterocycles. The fraction of sp³-hybridized carbons (Fsp3) is 1.00. The van der Waals surface area contributed by atoms with Gasteiger partial charge < -0.3 is 20.1 Å². The molecule has 0 bridgehead atoms. The van der Waals surface area contributed by atoms with Crippen LogP contribution in [0.4, 0.5) is 0 Å². The topological polar surface area (TPSA) is 44.7 Å². The lowest BCUT2D eigenvalue weighted by Gasteiger charge is -2.40. The van der Waals surface area contributed by atoms with Crippen molar-refractivity contribution in [2.45, 2.75) is 51.2 Å². The van der Waals surface area contributed by atoms with Crippen LogP contribution in [0.3, 0.4) is 0 Å². The molecule has 0 aromatic heterocycles. The molecule has 19 heavy (non-hydrogen) atoms. The van der Waals surface area contributed by atoms with Crippen LogP contribution in [0.15, 0.2) is 0 Å². The second-order valence-corrected chi connectivity index (χ2v) is 6.42. The molecule has 0 spiro atoms. The average Bonchev–Trinajstić information content (AvgIpc) is 2.86. The van der Waals surface area contributed by atoms with Crippen molar-refractivity contribution in [3.8, 4) is 0 Å². The van der Waals surface area contributed by atoms with E-state index in [4.69, 9.17) is 4.74 Å². The van der Waals surface area contributed by atoms with E-state index in [1.54, 1.807) is 0 Å². The Kier molecular flexibility index (Phi) is 5.63. The van der Waals surface area contributed by atoms with Crippen molar-refractivity contribution in [3.63, 3.8) is 0 Å². The summed E-state index contributed by atoms with van der Waals surface area (Å²) in [6, 6.07) is 0.341. The average molecular weight is 270 g/mol. The van der Waals surface area contributed by atoms with Crippen LogP contribution in [0.25, 0.3) is 0 Å². The highest BCUT2D eigenvalue weighted by Crippen LogP contribution is 2.31. The zero-order valence-corrected chi connectivity index (χ0v) is 12.5. The highest BCUT2D eigenvalue weighted by molar-refractivity contribution is 4.91. The molecule has 1 saturated heterocycles. The molecule has 2 N–H and O–H groups in total. The Morgan fingerprint density at radius 2 is 2.16 bits per heavy atom. The Morgan fingerprint density at radius 1 is 1.37 bits per heavy atom. The van der Waals surface area contributed by atoms with Crippen LogP contribution >= 0.6 is 0 Å². The van der Waals surface area contributed by atoms with Crippen molar-refractivity contribution < 1.29 is 9.84 Å². The largest absolute Gasteiger partial charge is 0.391 e. The molecule has 112 valence electrons. The lowest BCUT2D eigenvalue weighted by Crippen LogP contribution is -2.50. The lowest BCUT2D eigenvalue weighted by molar-refractivity contribution is 0.00964. The number of nitrogens with zero attached hydrogens (tertiary/aromatic N) is 1. The standard InChI is InChI=1S/C15H30N2O2/c1-3-16-10-15(8-9-19-12-15)11-17(2)13-6-4-5-7-14(13)18/h13-14,16,18H,3-12H2,1-2H3. The number of nitrogens with one attached hydrogen (secondary N) is 1. The van der Waals surface area contributed by atoms with Crippen molar-refractivity contribution in [1.82, 2.24) is 10.2 Å². The first-order chi connectivity index (χ1) is 9.17. The van der Waals surface area contributed by atoms with Crippen LogP contribution in [0.5, 0.6) is 0 Å². The van der Waals surface area contributed by atoms with Gasteiger partial charge in [-0.3, -0.25) is 0 Å². The van der Waals surface area contributed by atoms with Crippen LogP contribution in [0.2, 0.25) is 0 Å². The third-order valence-corrected chi connectivity index (χ3v) is 4.78. The lowest BCUT2D eigenvalue weighted by atomic mass is 9.84. The molecule has 1 aliphatic heterocycles. The summed E-state index contributed by atoms with van der Waals surface area (Å²) in [5, 5.41) is 13.7. The van der Waals surface area contributed by atoms with E-state index in [0.29, 0.717) is 6.04 Å². The van der Waals surface area contributed by atoms with Gasteiger partial charge in [0.05, 0.1) is 12.7 Å². The van der Waals surface area contributed by atoms with Gasteiger partial charge in [-0.15, -0.1) is 0 Å². The molecule has 1 aliphatic carbocycles. The van der Waals surface area contributed by atoms with E-state index in [1.165, 1.54) is 12.8 Å². The van der Waals surface area contributed by atoms with Gasteiger partial charge in [-0.05, 0) is 32.9 Å². The van der Waals surface area contributed by atoms with E-state index in [-0.39, 0.29) is 11.5 Å². The number of aliphatic hydroxyl groups excluding tert-OH is 1. The number of aliphatic hydroxyl groups is 1. The van der Waals surface area contributed by atoms with Gasteiger partial charge in [0.2, 0.25) is 0 Å². The second-order valence-electron chi connectivity index (χ2n) is 6.42. The molecule has 0 radical (unpaired) electrons. The summed E-state index contributed by atoms with van der Waals surface area (Å²) in [4.78, 5) is 2.38. The highest BCUT2D eigenvalue weighted by atomic mass is 16.5. The molecule has 4 nitrogen and oxygen atoms in total. The maximum Gasteiger partial charge on any atom is 0.0695 e. The zero-order chi connectivity index (χ0) is 13.7. The number of hydrogen-bond acceptors (Lipinski definition) is 4. The van der Waals surface area contributed by atoms with Gasteiger partial charge in [-0.1, -0.05) is 19.8 Å². The summed E-state index contributed by atoms with van der Waals surface area (Å²) in [6.45, 7) is 6.95. The van der Waals surface area contributed by atoms with Crippen molar-refractivity contribution >= 4 is 0 Å².